The number of ether oxygens (including phenoxy) is 1. The third-order valence-corrected chi connectivity index (χ3v) is 1.34. The Bertz CT molecular complexity index is 260. The lowest BCUT2D eigenvalue weighted by atomic mass is 10.4. The van der Waals surface area contributed by atoms with Crippen molar-refractivity contribution in [2.24, 2.45) is 0 Å². The number of rotatable bonds is 4. The Labute approximate surface area is 71.9 Å². The minimum Gasteiger partial charge on any atom is -0.493 e. The fraction of sp³-hybridized carbons (Fsp3) is 0.222. The number of hydrogen-bond acceptors (Lipinski definition) is 3. The summed E-state index contributed by atoms with van der Waals surface area (Å²) < 4.78 is 5.34. The minimum absolute atomic E-state index is 0.478. The van der Waals surface area contributed by atoms with Crippen molar-refractivity contribution < 1.29 is 4.74 Å². The van der Waals surface area contributed by atoms with E-state index in [1.54, 1.807) is 18.3 Å². The first-order chi connectivity index (χ1) is 5.83. The first kappa shape index (κ1) is 8.59. The smallest absolute Gasteiger partial charge is 0.126 e. The zero-order valence-corrected chi connectivity index (χ0v) is 6.86. The molecule has 0 atom stereocenters. The number of nitrogens with two attached hydrogens (primary N) is 1. The van der Waals surface area contributed by atoms with Gasteiger partial charge >= 0.3 is 0 Å². The van der Waals surface area contributed by atoms with Gasteiger partial charge in [-0.05, 0) is 12.5 Å². The molecule has 0 spiro atoms. The largest absolute Gasteiger partial charge is 0.493 e. The first-order valence-electron chi connectivity index (χ1n) is 3.78. The SMILES string of the molecule is C=CCCOc1ccnc(N)c1. The zero-order chi connectivity index (χ0) is 8.81. The molecule has 0 aliphatic heterocycles. The van der Waals surface area contributed by atoms with E-state index >= 15 is 0 Å². The minimum atomic E-state index is 0.478. The van der Waals surface area contributed by atoms with E-state index in [-0.39, 0.29) is 0 Å². The van der Waals surface area contributed by atoms with Crippen molar-refractivity contribution in [2.45, 2.75) is 6.42 Å². The summed E-state index contributed by atoms with van der Waals surface area (Å²) in [6.07, 6.45) is 4.27. The topological polar surface area (TPSA) is 48.1 Å². The van der Waals surface area contributed by atoms with Gasteiger partial charge in [0, 0.05) is 12.3 Å². The van der Waals surface area contributed by atoms with Crippen LogP contribution in [0.2, 0.25) is 0 Å². The van der Waals surface area contributed by atoms with Gasteiger partial charge in [-0.25, -0.2) is 4.98 Å². The second-order valence-electron chi connectivity index (χ2n) is 2.34. The molecule has 0 aliphatic carbocycles. The number of aromatic nitrogens is 1. The first-order valence-corrected chi connectivity index (χ1v) is 3.78. The van der Waals surface area contributed by atoms with Crippen molar-refractivity contribution in [3.63, 3.8) is 0 Å². The Morgan fingerprint density at radius 1 is 1.67 bits per heavy atom. The number of hydrogen-bond donors (Lipinski definition) is 1. The molecule has 0 unspecified atom stereocenters. The molecule has 0 aliphatic rings. The van der Waals surface area contributed by atoms with Gasteiger partial charge in [0.05, 0.1) is 6.61 Å². The summed E-state index contributed by atoms with van der Waals surface area (Å²) in [4.78, 5) is 3.85. The fourth-order valence-electron chi connectivity index (χ4n) is 0.778. The lowest BCUT2D eigenvalue weighted by Crippen LogP contribution is -1.97. The highest BCUT2D eigenvalue weighted by atomic mass is 16.5. The summed E-state index contributed by atoms with van der Waals surface area (Å²) in [6.45, 7) is 4.22. The fourth-order valence-corrected chi connectivity index (χ4v) is 0.778. The van der Waals surface area contributed by atoms with E-state index in [1.807, 2.05) is 6.08 Å². The van der Waals surface area contributed by atoms with Crippen molar-refractivity contribution in [1.29, 1.82) is 0 Å². The maximum Gasteiger partial charge on any atom is 0.126 e. The number of nitrogens with zero attached hydrogens (tertiary/aromatic N) is 1. The molecule has 64 valence electrons. The number of anilines is 1. The number of nitrogen functional groups attached to an aromatic ring is 1. The van der Waals surface area contributed by atoms with Crippen LogP contribution < -0.4 is 10.5 Å². The molecule has 1 rings (SSSR count). The van der Waals surface area contributed by atoms with Gasteiger partial charge < -0.3 is 10.5 Å². The van der Waals surface area contributed by atoms with Crippen LogP contribution in [0.25, 0.3) is 0 Å². The van der Waals surface area contributed by atoms with Crippen molar-refractivity contribution in [3.05, 3.63) is 31.0 Å². The predicted molar refractivity (Wildman–Crippen MR) is 49.0 cm³/mol. The Morgan fingerprint density at radius 2 is 2.50 bits per heavy atom. The maximum absolute atomic E-state index is 5.45. The molecule has 0 bridgehead atoms. The molecule has 1 aromatic rings. The van der Waals surface area contributed by atoms with E-state index in [9.17, 15) is 0 Å². The molecular formula is C9H12N2O. The molecular weight excluding hydrogens is 152 g/mol. The van der Waals surface area contributed by atoms with Crippen LogP contribution in [-0.2, 0) is 0 Å². The van der Waals surface area contributed by atoms with Crippen LogP contribution in [0, 0.1) is 0 Å². The highest BCUT2D eigenvalue weighted by molar-refractivity contribution is 5.35. The molecule has 0 saturated heterocycles. The van der Waals surface area contributed by atoms with Crippen LogP contribution >= 0.6 is 0 Å². The van der Waals surface area contributed by atoms with Crippen LogP contribution in [0.4, 0.5) is 5.82 Å². The Hall–Kier alpha value is -1.51. The third-order valence-electron chi connectivity index (χ3n) is 1.34. The zero-order valence-electron chi connectivity index (χ0n) is 6.86. The van der Waals surface area contributed by atoms with Crippen molar-refractivity contribution in [2.75, 3.05) is 12.3 Å². The summed E-state index contributed by atoms with van der Waals surface area (Å²) in [6, 6.07) is 3.47. The Balaban J connectivity index is 2.46. The molecule has 0 fully saturated rings. The average Bonchev–Trinajstić information content (AvgIpc) is 2.05. The monoisotopic (exact) mass is 164 g/mol. The number of pyridine rings is 1. The second kappa shape index (κ2) is 4.38. The molecule has 3 nitrogen and oxygen atoms in total. The molecule has 0 radical (unpaired) electrons. The molecule has 1 heterocycles. The maximum atomic E-state index is 5.45. The lowest BCUT2D eigenvalue weighted by Gasteiger charge is -2.03. The van der Waals surface area contributed by atoms with Gasteiger partial charge in [0.25, 0.3) is 0 Å². The van der Waals surface area contributed by atoms with Crippen LogP contribution in [0.5, 0.6) is 5.75 Å². The van der Waals surface area contributed by atoms with E-state index in [2.05, 4.69) is 11.6 Å². The van der Waals surface area contributed by atoms with Crippen LogP contribution in [-0.4, -0.2) is 11.6 Å². The van der Waals surface area contributed by atoms with Crippen molar-refractivity contribution >= 4 is 5.82 Å². The van der Waals surface area contributed by atoms with Crippen molar-refractivity contribution in [3.8, 4) is 5.75 Å². The van der Waals surface area contributed by atoms with E-state index in [0.717, 1.165) is 12.2 Å². The summed E-state index contributed by atoms with van der Waals surface area (Å²) in [5, 5.41) is 0. The molecule has 3 heteroatoms. The second-order valence-corrected chi connectivity index (χ2v) is 2.34. The van der Waals surface area contributed by atoms with Gasteiger partial charge in [0.15, 0.2) is 0 Å². The molecule has 0 amide bonds. The van der Waals surface area contributed by atoms with Crippen molar-refractivity contribution in [1.82, 2.24) is 4.98 Å². The highest BCUT2D eigenvalue weighted by Gasteiger charge is 1.92. The van der Waals surface area contributed by atoms with Gasteiger partial charge in [-0.3, -0.25) is 0 Å². The van der Waals surface area contributed by atoms with Crippen LogP contribution in [0.15, 0.2) is 31.0 Å². The van der Waals surface area contributed by atoms with Crippen LogP contribution in [0.1, 0.15) is 6.42 Å². The van der Waals surface area contributed by atoms with Gasteiger partial charge in [-0.2, -0.15) is 0 Å². The molecule has 0 saturated carbocycles. The van der Waals surface area contributed by atoms with E-state index in [1.165, 1.54) is 0 Å². The standard InChI is InChI=1S/C9H12N2O/c1-2-3-6-12-8-4-5-11-9(10)7-8/h2,4-5,7H,1,3,6H2,(H2,10,11). The summed E-state index contributed by atoms with van der Waals surface area (Å²) >= 11 is 0. The highest BCUT2D eigenvalue weighted by Crippen LogP contribution is 2.11. The Kier molecular flexibility index (Phi) is 3.14. The lowest BCUT2D eigenvalue weighted by molar-refractivity contribution is 0.325. The van der Waals surface area contributed by atoms with Gasteiger partial charge in [0.2, 0.25) is 0 Å². The van der Waals surface area contributed by atoms with E-state index in [0.29, 0.717) is 12.4 Å². The van der Waals surface area contributed by atoms with Gasteiger partial charge in [-0.15, -0.1) is 6.58 Å². The molecule has 1 aromatic heterocycles. The molecule has 12 heavy (non-hydrogen) atoms. The third kappa shape index (κ3) is 2.62. The van der Waals surface area contributed by atoms with E-state index in [4.69, 9.17) is 10.5 Å². The normalized spacial score (nSPS) is 9.33. The summed E-state index contributed by atoms with van der Waals surface area (Å²) in [7, 11) is 0. The molecule has 0 aromatic carbocycles. The van der Waals surface area contributed by atoms with Crippen LogP contribution in [0.3, 0.4) is 0 Å². The average molecular weight is 164 g/mol. The predicted octanol–water partition coefficient (Wildman–Crippen LogP) is 1.62. The summed E-state index contributed by atoms with van der Waals surface area (Å²) in [5.41, 5.74) is 5.45. The van der Waals surface area contributed by atoms with Gasteiger partial charge in [0.1, 0.15) is 11.6 Å². The summed E-state index contributed by atoms with van der Waals surface area (Å²) in [5.74, 6) is 1.23. The van der Waals surface area contributed by atoms with E-state index < -0.39 is 0 Å². The Morgan fingerprint density at radius 3 is 3.17 bits per heavy atom. The molecule has 2 N–H and O–H groups in total. The van der Waals surface area contributed by atoms with Gasteiger partial charge in [-0.1, -0.05) is 6.08 Å². The quantitative estimate of drug-likeness (QED) is 0.543.